The van der Waals surface area contributed by atoms with Gasteiger partial charge in [-0.3, -0.25) is 4.79 Å². The predicted molar refractivity (Wildman–Crippen MR) is 119 cm³/mol. The van der Waals surface area contributed by atoms with Crippen LogP contribution in [-0.2, 0) is 0 Å². The first-order valence-corrected chi connectivity index (χ1v) is 11.1. The number of nitrogens with one attached hydrogen (secondary N) is 2. The summed E-state index contributed by atoms with van der Waals surface area (Å²) in [4.78, 5) is 14.1. The van der Waals surface area contributed by atoms with Crippen LogP contribution in [0.1, 0.15) is 60.7 Å². The van der Waals surface area contributed by atoms with Crippen LogP contribution in [0.2, 0.25) is 0 Å². The fourth-order valence-corrected chi connectivity index (χ4v) is 5.78. The first kappa shape index (κ1) is 22.1. The van der Waals surface area contributed by atoms with Crippen molar-refractivity contribution in [3.63, 3.8) is 0 Å². The van der Waals surface area contributed by atoms with Gasteiger partial charge in [0.2, 0.25) is 0 Å². The Labute approximate surface area is 183 Å². The van der Waals surface area contributed by atoms with E-state index >= 15 is 0 Å². The lowest BCUT2D eigenvalue weighted by molar-refractivity contribution is 0.0944. The van der Waals surface area contributed by atoms with Gasteiger partial charge < -0.3 is 10.6 Å². The highest BCUT2D eigenvalue weighted by Crippen LogP contribution is 2.44. The van der Waals surface area contributed by atoms with Gasteiger partial charge in [0.15, 0.2) is 5.69 Å². The van der Waals surface area contributed by atoms with Gasteiger partial charge in [0, 0.05) is 16.2 Å². The lowest BCUT2D eigenvalue weighted by atomic mass is 10.1. The third kappa shape index (κ3) is 5.13. The van der Waals surface area contributed by atoms with Crippen molar-refractivity contribution in [2.75, 3.05) is 19.6 Å². The monoisotopic (exact) mass is 435 g/mol. The maximum Gasteiger partial charge on any atom is 0.273 e. The molecule has 0 bridgehead atoms. The highest BCUT2D eigenvalue weighted by Gasteiger charge is 2.36. The highest BCUT2D eigenvalue weighted by atomic mass is 35.5. The quantitative estimate of drug-likeness (QED) is 0.722. The summed E-state index contributed by atoms with van der Waals surface area (Å²) in [6.07, 6.45) is 6.77. The fraction of sp³-hybridized carbons (Fsp3) is 0.571. The van der Waals surface area contributed by atoms with E-state index in [2.05, 4.69) is 45.2 Å². The second-order valence-corrected chi connectivity index (χ2v) is 9.48. The molecule has 158 valence electrons. The number of aromatic nitrogens is 3. The Morgan fingerprint density at radius 3 is 2.62 bits per heavy atom. The van der Waals surface area contributed by atoms with Gasteiger partial charge in [-0.05, 0) is 57.8 Å². The molecule has 1 amide bonds. The van der Waals surface area contributed by atoms with Crippen molar-refractivity contribution in [3.8, 4) is 0 Å². The van der Waals surface area contributed by atoms with Crippen LogP contribution in [0.25, 0.3) is 0 Å². The molecule has 2 heterocycles. The number of piperidine rings is 1. The Bertz CT molecular complexity index is 801. The summed E-state index contributed by atoms with van der Waals surface area (Å²) in [6.45, 7) is 4.61. The molecule has 1 aromatic carbocycles. The van der Waals surface area contributed by atoms with E-state index in [1.807, 2.05) is 29.4 Å². The summed E-state index contributed by atoms with van der Waals surface area (Å²) < 4.78 is 2.02. The second-order valence-electron chi connectivity index (χ2n) is 7.94. The first-order valence-electron chi connectivity index (χ1n) is 10.3. The molecule has 1 saturated heterocycles. The number of halogens is 1. The molecule has 0 spiro atoms. The van der Waals surface area contributed by atoms with Crippen molar-refractivity contribution in [1.29, 1.82) is 0 Å². The Balaban J connectivity index is 0.00000240. The summed E-state index contributed by atoms with van der Waals surface area (Å²) in [5, 5.41) is 15.1. The van der Waals surface area contributed by atoms with Gasteiger partial charge in [-0.15, -0.1) is 29.3 Å². The average Bonchev–Trinajstić information content (AvgIpc) is 3.35. The van der Waals surface area contributed by atoms with Gasteiger partial charge >= 0.3 is 0 Å². The lowest BCUT2D eigenvalue weighted by Gasteiger charge is -2.28. The minimum Gasteiger partial charge on any atom is -0.349 e. The van der Waals surface area contributed by atoms with Crippen molar-refractivity contribution < 1.29 is 4.79 Å². The number of hydrogen-bond acceptors (Lipinski definition) is 5. The van der Waals surface area contributed by atoms with Crippen molar-refractivity contribution in [2.24, 2.45) is 0 Å². The van der Waals surface area contributed by atoms with Crippen LogP contribution in [0.3, 0.4) is 0 Å². The maximum absolute atomic E-state index is 12.9. The smallest absolute Gasteiger partial charge is 0.273 e. The van der Waals surface area contributed by atoms with Gasteiger partial charge in [-0.25, -0.2) is 4.68 Å². The molecule has 2 N–H and O–H groups in total. The Kier molecular flexibility index (Phi) is 7.60. The van der Waals surface area contributed by atoms with E-state index < -0.39 is 0 Å². The van der Waals surface area contributed by atoms with Crippen molar-refractivity contribution >= 4 is 30.1 Å². The van der Waals surface area contributed by atoms with Crippen LogP contribution < -0.4 is 10.6 Å². The molecule has 0 unspecified atom stereocenters. The molecule has 29 heavy (non-hydrogen) atoms. The van der Waals surface area contributed by atoms with Crippen molar-refractivity contribution in [1.82, 2.24) is 25.6 Å². The van der Waals surface area contributed by atoms with Gasteiger partial charge in [0.1, 0.15) is 0 Å². The zero-order valence-corrected chi connectivity index (χ0v) is 18.5. The van der Waals surface area contributed by atoms with Crippen LogP contribution in [-0.4, -0.2) is 45.3 Å². The number of amides is 1. The summed E-state index contributed by atoms with van der Waals surface area (Å²) in [6, 6.07) is 10.8. The summed E-state index contributed by atoms with van der Waals surface area (Å²) >= 11 is 1.91. The largest absolute Gasteiger partial charge is 0.349 e. The summed E-state index contributed by atoms with van der Waals surface area (Å²) in [5.74, 6) is -0.0994. The molecule has 1 aliphatic heterocycles. The molecule has 1 aromatic heterocycles. The van der Waals surface area contributed by atoms with E-state index in [1.165, 1.54) is 17.7 Å². The van der Waals surface area contributed by atoms with E-state index in [0.29, 0.717) is 18.3 Å². The molecule has 0 atom stereocenters. The third-order valence-electron chi connectivity index (χ3n) is 5.96. The van der Waals surface area contributed by atoms with Crippen LogP contribution in [0.4, 0.5) is 0 Å². The Morgan fingerprint density at radius 1 is 1.24 bits per heavy atom. The summed E-state index contributed by atoms with van der Waals surface area (Å²) in [7, 11) is 0. The van der Waals surface area contributed by atoms with Gasteiger partial charge in [0.05, 0.1) is 11.7 Å². The van der Waals surface area contributed by atoms with E-state index in [1.54, 1.807) is 0 Å². The number of benzene rings is 1. The zero-order valence-electron chi connectivity index (χ0n) is 16.9. The molecular formula is C21H30ClN5OS. The van der Waals surface area contributed by atoms with Gasteiger partial charge in [-0.2, -0.15) is 0 Å². The second kappa shape index (κ2) is 9.96. The molecule has 2 aromatic rings. The standard InChI is InChI=1S/C21H29N5OS.ClH/c1-16-19(24-25-26(16)17-9-13-22-14-10-17)20(27)23-15-21(11-5-6-12-21)28-18-7-3-2-4-8-18;/h2-4,7-8,17,22H,5-6,9-15H2,1H3,(H,23,27);1H. The fourth-order valence-electron chi connectivity index (χ4n) is 4.35. The first-order chi connectivity index (χ1) is 13.7. The van der Waals surface area contributed by atoms with Crippen LogP contribution in [0.5, 0.6) is 0 Å². The number of rotatable bonds is 6. The van der Waals surface area contributed by atoms with Crippen LogP contribution >= 0.6 is 24.2 Å². The summed E-state index contributed by atoms with van der Waals surface area (Å²) in [5.41, 5.74) is 1.34. The van der Waals surface area contributed by atoms with E-state index in [0.717, 1.165) is 44.5 Å². The SMILES string of the molecule is Cc1c(C(=O)NCC2(Sc3ccccc3)CCCC2)nnn1C1CCNCC1.Cl. The van der Waals surface area contributed by atoms with Crippen molar-refractivity contribution in [2.45, 2.75) is 61.1 Å². The number of hydrogen-bond donors (Lipinski definition) is 2. The maximum atomic E-state index is 12.9. The van der Waals surface area contributed by atoms with E-state index in [9.17, 15) is 4.79 Å². The number of nitrogens with zero attached hydrogens (tertiary/aromatic N) is 3. The highest BCUT2D eigenvalue weighted by molar-refractivity contribution is 8.00. The average molecular weight is 436 g/mol. The van der Waals surface area contributed by atoms with E-state index in [-0.39, 0.29) is 23.1 Å². The minimum atomic E-state index is -0.0994. The molecule has 2 fully saturated rings. The molecule has 1 saturated carbocycles. The molecule has 4 rings (SSSR count). The topological polar surface area (TPSA) is 71.8 Å². The lowest BCUT2D eigenvalue weighted by Crippen LogP contribution is -2.39. The van der Waals surface area contributed by atoms with Gasteiger partial charge in [0.25, 0.3) is 5.91 Å². The molecule has 0 radical (unpaired) electrons. The number of thioether (sulfide) groups is 1. The number of carbonyl (C=O) groups is 1. The molecule has 8 heteroatoms. The minimum absolute atomic E-state index is 0. The van der Waals surface area contributed by atoms with Gasteiger partial charge in [-0.1, -0.05) is 36.3 Å². The third-order valence-corrected chi connectivity index (χ3v) is 7.45. The van der Waals surface area contributed by atoms with Crippen LogP contribution in [0.15, 0.2) is 35.2 Å². The molecule has 2 aliphatic rings. The normalized spacial score (nSPS) is 18.9. The van der Waals surface area contributed by atoms with Crippen molar-refractivity contribution in [3.05, 3.63) is 41.7 Å². The molecule has 1 aliphatic carbocycles. The van der Waals surface area contributed by atoms with Crippen LogP contribution in [0, 0.1) is 6.92 Å². The zero-order chi connectivity index (χ0) is 19.4. The number of carbonyl (C=O) groups excluding carboxylic acids is 1. The predicted octanol–water partition coefficient (Wildman–Crippen LogP) is 3.77. The molecular weight excluding hydrogens is 406 g/mol. The Hall–Kier alpha value is -1.57. The Morgan fingerprint density at radius 2 is 1.93 bits per heavy atom. The van der Waals surface area contributed by atoms with E-state index in [4.69, 9.17) is 0 Å². The molecule has 6 nitrogen and oxygen atoms in total.